The minimum absolute atomic E-state index is 0.00242. The molecule has 4 heteroatoms. The zero-order valence-corrected chi connectivity index (χ0v) is 11.6. The number of Topliss-reactive ketones (excluding diaryl/α,β-unsaturated/α-hetero) is 1. The predicted molar refractivity (Wildman–Crippen MR) is 70.0 cm³/mol. The molecule has 0 aliphatic heterocycles. The van der Waals surface area contributed by atoms with Crippen molar-refractivity contribution in [3.8, 4) is 5.75 Å². The average molecular weight is 252 g/mol. The van der Waals surface area contributed by atoms with Crippen LogP contribution >= 0.6 is 0 Å². The van der Waals surface area contributed by atoms with E-state index in [-0.39, 0.29) is 12.4 Å². The van der Waals surface area contributed by atoms with Crippen LogP contribution in [0.5, 0.6) is 5.75 Å². The fraction of sp³-hybridized carbons (Fsp3) is 0.429. The molecule has 0 N–H and O–H groups in total. The molecule has 0 atom stereocenters. The molecule has 1 aromatic carbocycles. The molecular weight excluding hydrogens is 232 g/mol. The Labute approximate surface area is 108 Å². The Balaban J connectivity index is 0.00000137. The van der Waals surface area contributed by atoms with Crippen LogP contribution in [0.4, 0.5) is 0 Å². The molecule has 18 heavy (non-hydrogen) atoms. The number of methoxy groups -OCH3 is 1. The number of carbonyl (C=O) groups excluding carboxylic acids is 2. The van der Waals surface area contributed by atoms with Crippen molar-refractivity contribution in [1.29, 1.82) is 0 Å². The van der Waals surface area contributed by atoms with Gasteiger partial charge in [-0.25, -0.2) is 4.79 Å². The van der Waals surface area contributed by atoms with Crippen LogP contribution in [0, 0.1) is 6.92 Å². The Morgan fingerprint density at radius 1 is 1.22 bits per heavy atom. The van der Waals surface area contributed by atoms with E-state index in [0.29, 0.717) is 11.3 Å². The van der Waals surface area contributed by atoms with Crippen molar-refractivity contribution >= 4 is 11.8 Å². The van der Waals surface area contributed by atoms with Gasteiger partial charge in [-0.3, -0.25) is 4.79 Å². The summed E-state index contributed by atoms with van der Waals surface area (Å²) in [6.07, 6.45) is 0. The second-order valence-electron chi connectivity index (χ2n) is 3.40. The summed E-state index contributed by atoms with van der Waals surface area (Å²) < 4.78 is 9.69. The van der Waals surface area contributed by atoms with Crippen LogP contribution in [0.15, 0.2) is 18.2 Å². The molecule has 0 spiro atoms. The normalized spacial score (nSPS) is 8.94. The lowest BCUT2D eigenvalue weighted by Gasteiger charge is -2.08. The molecule has 4 nitrogen and oxygen atoms in total. The van der Waals surface area contributed by atoms with Crippen molar-refractivity contribution in [1.82, 2.24) is 0 Å². The van der Waals surface area contributed by atoms with E-state index >= 15 is 0 Å². The summed E-state index contributed by atoms with van der Waals surface area (Å²) in [5, 5.41) is 0. The van der Waals surface area contributed by atoms with E-state index in [1.807, 2.05) is 20.8 Å². The van der Waals surface area contributed by atoms with Crippen molar-refractivity contribution < 1.29 is 19.1 Å². The van der Waals surface area contributed by atoms with E-state index in [2.05, 4.69) is 4.74 Å². The Morgan fingerprint density at radius 2 is 1.83 bits per heavy atom. The predicted octanol–water partition coefficient (Wildman–Crippen LogP) is 2.78. The van der Waals surface area contributed by atoms with Crippen molar-refractivity contribution in [3.05, 3.63) is 29.3 Å². The number of hydrogen-bond donors (Lipinski definition) is 0. The van der Waals surface area contributed by atoms with Gasteiger partial charge in [0.2, 0.25) is 0 Å². The molecule has 0 aliphatic carbocycles. The molecule has 0 fully saturated rings. The Bertz CT molecular complexity index is 410. The minimum atomic E-state index is -0.435. The van der Waals surface area contributed by atoms with Gasteiger partial charge >= 0.3 is 5.97 Å². The Hall–Kier alpha value is -1.84. The van der Waals surface area contributed by atoms with Crippen molar-refractivity contribution in [2.24, 2.45) is 0 Å². The summed E-state index contributed by atoms with van der Waals surface area (Å²) in [5.74, 6) is 0.146. The lowest BCUT2D eigenvalue weighted by Crippen LogP contribution is -2.13. The van der Waals surface area contributed by atoms with E-state index in [9.17, 15) is 9.59 Å². The smallest absolute Gasteiger partial charge is 0.343 e. The van der Waals surface area contributed by atoms with Crippen molar-refractivity contribution in [3.63, 3.8) is 0 Å². The number of rotatable bonds is 4. The van der Waals surface area contributed by atoms with Crippen LogP contribution in [-0.4, -0.2) is 25.5 Å². The Morgan fingerprint density at radius 3 is 2.28 bits per heavy atom. The van der Waals surface area contributed by atoms with Crippen LogP contribution in [0.3, 0.4) is 0 Å². The van der Waals surface area contributed by atoms with Crippen LogP contribution in [0.2, 0.25) is 0 Å². The van der Waals surface area contributed by atoms with Gasteiger partial charge in [0.25, 0.3) is 0 Å². The molecule has 0 radical (unpaired) electrons. The molecule has 0 heterocycles. The van der Waals surface area contributed by atoms with Gasteiger partial charge in [-0.2, -0.15) is 0 Å². The lowest BCUT2D eigenvalue weighted by atomic mass is 10.1. The SMILES string of the molecule is CC.COC(=O)COc1ccc(C(C)=O)cc1C. The molecule has 1 aromatic rings. The molecule has 0 saturated heterocycles. The standard InChI is InChI=1S/C12H14O4.C2H6/c1-8-6-10(9(2)13)4-5-11(8)16-7-12(14)15-3;1-2/h4-6H,7H2,1-3H3;1-2H3. The summed E-state index contributed by atoms with van der Waals surface area (Å²) in [4.78, 5) is 22.0. The van der Waals surface area contributed by atoms with E-state index in [4.69, 9.17) is 4.74 Å². The van der Waals surface area contributed by atoms with E-state index < -0.39 is 5.97 Å². The second-order valence-corrected chi connectivity index (χ2v) is 3.40. The maximum absolute atomic E-state index is 11.1. The highest BCUT2D eigenvalue weighted by Gasteiger charge is 2.06. The first-order valence-electron chi connectivity index (χ1n) is 5.86. The maximum Gasteiger partial charge on any atom is 0.343 e. The van der Waals surface area contributed by atoms with Crippen LogP contribution in [-0.2, 0) is 9.53 Å². The first-order chi connectivity index (χ1) is 8.54. The molecule has 0 bridgehead atoms. The number of carbonyl (C=O) groups is 2. The van der Waals surface area contributed by atoms with Crippen LogP contribution in [0.1, 0.15) is 36.7 Å². The molecular formula is C14H20O4. The minimum Gasteiger partial charge on any atom is -0.482 e. The van der Waals surface area contributed by atoms with Gasteiger partial charge in [-0.15, -0.1) is 0 Å². The van der Waals surface area contributed by atoms with Gasteiger partial charge in [-0.1, -0.05) is 13.8 Å². The van der Waals surface area contributed by atoms with Gasteiger partial charge in [0.15, 0.2) is 12.4 Å². The highest BCUT2D eigenvalue weighted by atomic mass is 16.6. The van der Waals surface area contributed by atoms with Gasteiger partial charge in [0.05, 0.1) is 7.11 Å². The van der Waals surface area contributed by atoms with Crippen LogP contribution < -0.4 is 4.74 Å². The number of ketones is 1. The zero-order valence-electron chi connectivity index (χ0n) is 11.6. The number of ether oxygens (including phenoxy) is 2. The average Bonchev–Trinajstić information content (AvgIpc) is 2.39. The summed E-state index contributed by atoms with van der Waals surface area (Å²) >= 11 is 0. The summed E-state index contributed by atoms with van der Waals surface area (Å²) in [6, 6.07) is 5.08. The lowest BCUT2D eigenvalue weighted by molar-refractivity contribution is -0.142. The first-order valence-corrected chi connectivity index (χ1v) is 5.86. The summed E-state index contributed by atoms with van der Waals surface area (Å²) in [6.45, 7) is 7.19. The van der Waals surface area contributed by atoms with E-state index in [1.165, 1.54) is 14.0 Å². The molecule has 0 unspecified atom stereocenters. The molecule has 1 rings (SSSR count). The topological polar surface area (TPSA) is 52.6 Å². The monoisotopic (exact) mass is 252 g/mol. The van der Waals surface area contributed by atoms with Gasteiger partial charge < -0.3 is 9.47 Å². The molecule has 0 aliphatic rings. The number of hydrogen-bond acceptors (Lipinski definition) is 4. The van der Waals surface area contributed by atoms with Crippen molar-refractivity contribution in [2.45, 2.75) is 27.7 Å². The molecule has 100 valence electrons. The highest BCUT2D eigenvalue weighted by Crippen LogP contribution is 2.19. The van der Waals surface area contributed by atoms with Gasteiger partial charge in [-0.05, 0) is 37.6 Å². The summed E-state index contributed by atoms with van der Waals surface area (Å²) in [5.41, 5.74) is 1.44. The number of benzene rings is 1. The summed E-state index contributed by atoms with van der Waals surface area (Å²) in [7, 11) is 1.30. The third kappa shape index (κ3) is 4.99. The molecule has 0 aromatic heterocycles. The van der Waals surface area contributed by atoms with Gasteiger partial charge in [0, 0.05) is 5.56 Å². The highest BCUT2D eigenvalue weighted by molar-refractivity contribution is 5.94. The van der Waals surface area contributed by atoms with Crippen molar-refractivity contribution in [2.75, 3.05) is 13.7 Å². The fourth-order valence-corrected chi connectivity index (χ4v) is 1.23. The number of esters is 1. The zero-order chi connectivity index (χ0) is 14.1. The third-order valence-electron chi connectivity index (χ3n) is 2.15. The second kappa shape index (κ2) is 8.28. The third-order valence-corrected chi connectivity index (χ3v) is 2.15. The van der Waals surface area contributed by atoms with E-state index in [1.54, 1.807) is 18.2 Å². The Kier molecular flexibility index (Phi) is 7.43. The quantitative estimate of drug-likeness (QED) is 0.610. The van der Waals surface area contributed by atoms with Gasteiger partial charge in [0.1, 0.15) is 5.75 Å². The molecule has 0 saturated carbocycles. The first kappa shape index (κ1) is 16.2. The fourth-order valence-electron chi connectivity index (χ4n) is 1.23. The maximum atomic E-state index is 11.1. The molecule has 0 amide bonds. The largest absolute Gasteiger partial charge is 0.482 e. The number of aryl methyl sites for hydroxylation is 1. The van der Waals surface area contributed by atoms with E-state index in [0.717, 1.165) is 5.56 Å². The van der Waals surface area contributed by atoms with Crippen LogP contribution in [0.25, 0.3) is 0 Å².